The number of nitrogens with zero attached hydrogens (tertiary/aromatic N) is 3. The maximum Gasteiger partial charge on any atom is 0.296 e. The molecule has 7 nitrogen and oxygen atoms in total. The average Bonchev–Trinajstić information content (AvgIpc) is 2.61. The van der Waals surface area contributed by atoms with E-state index in [0.29, 0.717) is 17.5 Å². The molecule has 2 aromatic rings. The van der Waals surface area contributed by atoms with Gasteiger partial charge in [0.1, 0.15) is 5.75 Å². The molecular formula is C18H20N4O3. The molecule has 1 aliphatic carbocycles. The Kier molecular flexibility index (Phi) is 4.72. The number of aromatic nitrogens is 3. The van der Waals surface area contributed by atoms with Crippen LogP contribution in [-0.4, -0.2) is 37.1 Å². The SMILES string of the molecule is C#Cc1ccc(-c2nnc(N[C@@H]3CCCC[C@H]3O)c(=O)n2C)c(O)c1. The largest absolute Gasteiger partial charge is 0.507 e. The first-order valence-corrected chi connectivity index (χ1v) is 8.19. The van der Waals surface area contributed by atoms with E-state index < -0.39 is 6.10 Å². The smallest absolute Gasteiger partial charge is 0.296 e. The molecule has 25 heavy (non-hydrogen) atoms. The topological polar surface area (TPSA) is 100 Å². The quantitative estimate of drug-likeness (QED) is 0.727. The molecule has 0 unspecified atom stereocenters. The van der Waals surface area contributed by atoms with Gasteiger partial charge in [-0.2, -0.15) is 0 Å². The molecule has 0 aliphatic heterocycles. The Morgan fingerprint density at radius 1 is 1.32 bits per heavy atom. The third-order valence-corrected chi connectivity index (χ3v) is 4.53. The summed E-state index contributed by atoms with van der Waals surface area (Å²) in [7, 11) is 1.56. The zero-order valence-corrected chi connectivity index (χ0v) is 13.9. The van der Waals surface area contributed by atoms with Crippen molar-refractivity contribution in [3.8, 4) is 29.5 Å². The van der Waals surface area contributed by atoms with Gasteiger partial charge in [-0.15, -0.1) is 16.6 Å². The Morgan fingerprint density at radius 3 is 2.76 bits per heavy atom. The maximum atomic E-state index is 12.6. The number of aromatic hydroxyl groups is 1. The van der Waals surface area contributed by atoms with E-state index in [-0.39, 0.29) is 29.0 Å². The number of hydrogen-bond acceptors (Lipinski definition) is 6. The predicted molar refractivity (Wildman–Crippen MR) is 94.2 cm³/mol. The molecule has 1 heterocycles. The Hall–Kier alpha value is -2.85. The van der Waals surface area contributed by atoms with Gasteiger partial charge in [0.2, 0.25) is 5.82 Å². The fraction of sp³-hybridized carbons (Fsp3) is 0.389. The number of hydrogen-bond donors (Lipinski definition) is 3. The molecule has 1 fully saturated rings. The lowest BCUT2D eigenvalue weighted by atomic mass is 9.93. The van der Waals surface area contributed by atoms with Crippen LogP contribution in [0.15, 0.2) is 23.0 Å². The van der Waals surface area contributed by atoms with Crippen LogP contribution in [0.4, 0.5) is 5.82 Å². The van der Waals surface area contributed by atoms with Gasteiger partial charge in [0.15, 0.2) is 5.82 Å². The molecule has 7 heteroatoms. The molecule has 0 spiro atoms. The van der Waals surface area contributed by atoms with Gasteiger partial charge in [-0.05, 0) is 31.0 Å². The Balaban J connectivity index is 1.93. The van der Waals surface area contributed by atoms with Crippen molar-refractivity contribution in [1.29, 1.82) is 0 Å². The van der Waals surface area contributed by atoms with E-state index in [0.717, 1.165) is 19.3 Å². The lowest BCUT2D eigenvalue weighted by molar-refractivity contribution is 0.116. The van der Waals surface area contributed by atoms with E-state index in [1.165, 1.54) is 10.6 Å². The van der Waals surface area contributed by atoms with Crippen LogP contribution in [0.3, 0.4) is 0 Å². The van der Waals surface area contributed by atoms with Crippen LogP contribution in [0.1, 0.15) is 31.2 Å². The average molecular weight is 340 g/mol. The van der Waals surface area contributed by atoms with Crippen LogP contribution in [0, 0.1) is 12.3 Å². The minimum absolute atomic E-state index is 0.0665. The fourth-order valence-electron chi connectivity index (χ4n) is 3.05. The second kappa shape index (κ2) is 6.95. The van der Waals surface area contributed by atoms with Gasteiger partial charge in [-0.3, -0.25) is 9.36 Å². The number of rotatable bonds is 3. The molecular weight excluding hydrogens is 320 g/mol. The number of aliphatic hydroxyl groups excluding tert-OH is 1. The lowest BCUT2D eigenvalue weighted by Gasteiger charge is -2.28. The van der Waals surface area contributed by atoms with Gasteiger partial charge in [0.25, 0.3) is 5.56 Å². The van der Waals surface area contributed by atoms with Crippen LogP contribution in [0.25, 0.3) is 11.4 Å². The van der Waals surface area contributed by atoms with E-state index in [2.05, 4.69) is 21.4 Å². The molecule has 1 aromatic heterocycles. The molecule has 1 aliphatic rings. The molecule has 1 aromatic carbocycles. The highest BCUT2D eigenvalue weighted by Gasteiger charge is 2.25. The summed E-state index contributed by atoms with van der Waals surface area (Å²) < 4.78 is 1.31. The Labute approximate surface area is 145 Å². The summed E-state index contributed by atoms with van der Waals surface area (Å²) in [5.74, 6) is 2.70. The van der Waals surface area contributed by atoms with Crippen molar-refractivity contribution >= 4 is 5.82 Å². The molecule has 3 N–H and O–H groups in total. The summed E-state index contributed by atoms with van der Waals surface area (Å²) in [4.78, 5) is 12.6. The molecule has 0 saturated heterocycles. The Morgan fingerprint density at radius 2 is 2.08 bits per heavy atom. The minimum atomic E-state index is -0.500. The maximum absolute atomic E-state index is 12.6. The van der Waals surface area contributed by atoms with Crippen LogP contribution >= 0.6 is 0 Å². The molecule has 2 atom stereocenters. The molecule has 130 valence electrons. The van der Waals surface area contributed by atoms with E-state index in [4.69, 9.17) is 6.42 Å². The fourth-order valence-corrected chi connectivity index (χ4v) is 3.05. The molecule has 0 bridgehead atoms. The number of aliphatic hydroxyl groups is 1. The summed E-state index contributed by atoms with van der Waals surface area (Å²) in [5, 5.41) is 31.2. The van der Waals surface area contributed by atoms with E-state index in [1.807, 2.05) is 0 Å². The summed E-state index contributed by atoms with van der Waals surface area (Å²) >= 11 is 0. The van der Waals surface area contributed by atoms with E-state index >= 15 is 0 Å². The van der Waals surface area contributed by atoms with E-state index in [9.17, 15) is 15.0 Å². The number of anilines is 1. The van der Waals surface area contributed by atoms with E-state index in [1.54, 1.807) is 19.2 Å². The van der Waals surface area contributed by atoms with Gasteiger partial charge >= 0.3 is 0 Å². The van der Waals surface area contributed by atoms with Crippen LogP contribution in [0.2, 0.25) is 0 Å². The first-order valence-electron chi connectivity index (χ1n) is 8.19. The summed E-state index contributed by atoms with van der Waals surface area (Å²) in [6, 6.07) is 4.49. The molecule has 1 saturated carbocycles. The van der Waals surface area contributed by atoms with Crippen molar-refractivity contribution in [3.05, 3.63) is 34.1 Å². The van der Waals surface area contributed by atoms with Crippen molar-refractivity contribution in [2.45, 2.75) is 37.8 Å². The Bertz CT molecular complexity index is 885. The second-order valence-electron chi connectivity index (χ2n) is 6.22. The van der Waals surface area contributed by atoms with Gasteiger partial charge < -0.3 is 15.5 Å². The lowest BCUT2D eigenvalue weighted by Crippen LogP contribution is -2.39. The number of phenolic OH excluding ortho intramolecular Hbond substituents is 1. The third kappa shape index (κ3) is 3.35. The van der Waals surface area contributed by atoms with Crippen LogP contribution in [-0.2, 0) is 7.05 Å². The second-order valence-corrected chi connectivity index (χ2v) is 6.22. The van der Waals surface area contributed by atoms with Crippen molar-refractivity contribution < 1.29 is 10.2 Å². The highest BCUT2D eigenvalue weighted by atomic mass is 16.3. The molecule has 0 amide bonds. The summed E-state index contributed by atoms with van der Waals surface area (Å²) in [6.07, 6.45) is 8.27. The van der Waals surface area contributed by atoms with Crippen LogP contribution in [0.5, 0.6) is 5.75 Å². The number of benzene rings is 1. The van der Waals surface area contributed by atoms with Crippen molar-refractivity contribution in [3.63, 3.8) is 0 Å². The predicted octanol–water partition coefficient (Wildman–Crippen LogP) is 1.24. The number of terminal acetylenes is 1. The monoisotopic (exact) mass is 340 g/mol. The van der Waals surface area contributed by atoms with Gasteiger partial charge in [0.05, 0.1) is 17.7 Å². The molecule has 3 rings (SSSR count). The van der Waals surface area contributed by atoms with Crippen molar-refractivity contribution in [2.75, 3.05) is 5.32 Å². The standard InChI is InChI=1S/C18H20N4O3/c1-3-11-8-9-12(15(24)10-11)17-21-20-16(18(25)22(17)2)19-13-6-4-5-7-14(13)23/h1,8-10,13-14,23-24H,4-7H2,2H3,(H,19,20)/t13-,14-/m1/s1. The third-order valence-electron chi connectivity index (χ3n) is 4.53. The summed E-state index contributed by atoms with van der Waals surface area (Å²) in [6.45, 7) is 0. The van der Waals surface area contributed by atoms with Gasteiger partial charge in [-0.1, -0.05) is 18.8 Å². The first kappa shape index (κ1) is 17.0. The van der Waals surface area contributed by atoms with Gasteiger partial charge in [0, 0.05) is 12.6 Å². The number of nitrogens with one attached hydrogen (secondary N) is 1. The minimum Gasteiger partial charge on any atom is -0.507 e. The zero-order valence-electron chi connectivity index (χ0n) is 13.9. The number of phenols is 1. The molecule has 0 radical (unpaired) electrons. The highest BCUT2D eigenvalue weighted by molar-refractivity contribution is 5.65. The van der Waals surface area contributed by atoms with Gasteiger partial charge in [-0.25, -0.2) is 0 Å². The first-order chi connectivity index (χ1) is 12.0. The van der Waals surface area contributed by atoms with Crippen LogP contribution < -0.4 is 10.9 Å². The van der Waals surface area contributed by atoms with Crippen molar-refractivity contribution in [2.24, 2.45) is 7.05 Å². The van der Waals surface area contributed by atoms with Crippen molar-refractivity contribution in [1.82, 2.24) is 14.8 Å². The summed E-state index contributed by atoms with van der Waals surface area (Å²) in [5.41, 5.74) is 0.530. The highest BCUT2D eigenvalue weighted by Crippen LogP contribution is 2.27. The zero-order chi connectivity index (χ0) is 18.0. The normalized spacial score (nSPS) is 20.0.